The third-order valence-electron chi connectivity index (χ3n) is 8.30. The van der Waals surface area contributed by atoms with Crippen LogP contribution in [0, 0.1) is 6.92 Å². The molecule has 10 heteroatoms. The standard InChI is InChI=1S/C35H40N2O8/c1-23-8-5-6-9-25(23)22-45-27-12-10-24(11-13-27)32(38)30-31(26-20-28(41-2)34(43-4)29(21-26)42-3)37(35(40)33(30)39)15-7-14-36-16-18-44-19-17-36/h5-6,8-13,20-21,31,38H,7,14-19,22H2,1-4H3/b32-30+. The second-order valence-electron chi connectivity index (χ2n) is 11.0. The number of methoxy groups -OCH3 is 3. The van der Waals surface area contributed by atoms with Crippen LogP contribution in [-0.4, -0.2) is 87.3 Å². The highest BCUT2D eigenvalue weighted by atomic mass is 16.5. The first-order valence-corrected chi connectivity index (χ1v) is 15.0. The molecule has 45 heavy (non-hydrogen) atoms. The summed E-state index contributed by atoms with van der Waals surface area (Å²) in [6.07, 6.45) is 0.640. The molecule has 1 amide bonds. The van der Waals surface area contributed by atoms with Crippen LogP contribution in [0.4, 0.5) is 0 Å². The number of rotatable bonds is 12. The van der Waals surface area contributed by atoms with Gasteiger partial charge in [-0.2, -0.15) is 0 Å². The van der Waals surface area contributed by atoms with Gasteiger partial charge in [-0.1, -0.05) is 24.3 Å². The summed E-state index contributed by atoms with van der Waals surface area (Å²) in [7, 11) is 4.51. The first-order chi connectivity index (χ1) is 21.9. The molecule has 3 aromatic carbocycles. The van der Waals surface area contributed by atoms with Crippen molar-refractivity contribution in [1.29, 1.82) is 0 Å². The Bertz CT molecular complexity index is 1520. The average Bonchev–Trinajstić information content (AvgIpc) is 3.32. The van der Waals surface area contributed by atoms with Crippen molar-refractivity contribution in [3.8, 4) is 23.0 Å². The lowest BCUT2D eigenvalue weighted by atomic mass is 9.94. The normalized spacial score (nSPS) is 18.2. The van der Waals surface area contributed by atoms with Crippen molar-refractivity contribution in [3.05, 3.63) is 88.5 Å². The summed E-state index contributed by atoms with van der Waals surface area (Å²) >= 11 is 0. The number of carbonyl (C=O) groups is 2. The number of ether oxygens (including phenoxy) is 5. The van der Waals surface area contributed by atoms with Gasteiger partial charge in [-0.15, -0.1) is 0 Å². The van der Waals surface area contributed by atoms with Crippen molar-refractivity contribution in [2.75, 3.05) is 60.7 Å². The molecular weight excluding hydrogens is 576 g/mol. The van der Waals surface area contributed by atoms with Gasteiger partial charge in [0.25, 0.3) is 11.7 Å². The van der Waals surface area contributed by atoms with E-state index in [9.17, 15) is 14.7 Å². The fraction of sp³-hybridized carbons (Fsp3) is 0.371. The lowest BCUT2D eigenvalue weighted by Crippen LogP contribution is -2.39. The molecule has 1 unspecified atom stereocenters. The number of hydrogen-bond acceptors (Lipinski definition) is 9. The molecule has 1 atom stereocenters. The van der Waals surface area contributed by atoms with Crippen LogP contribution in [0.25, 0.3) is 5.76 Å². The van der Waals surface area contributed by atoms with E-state index >= 15 is 0 Å². The second-order valence-corrected chi connectivity index (χ2v) is 11.0. The van der Waals surface area contributed by atoms with E-state index in [1.165, 1.54) is 26.2 Å². The van der Waals surface area contributed by atoms with Crippen molar-refractivity contribution in [2.24, 2.45) is 0 Å². The quantitative estimate of drug-likeness (QED) is 0.175. The first-order valence-electron chi connectivity index (χ1n) is 15.0. The van der Waals surface area contributed by atoms with Crippen molar-refractivity contribution >= 4 is 17.4 Å². The Balaban J connectivity index is 1.48. The van der Waals surface area contributed by atoms with Crippen LogP contribution in [-0.2, 0) is 20.9 Å². The first kappa shape index (κ1) is 31.9. The lowest BCUT2D eigenvalue weighted by molar-refractivity contribution is -0.140. The van der Waals surface area contributed by atoms with Crippen molar-refractivity contribution in [3.63, 3.8) is 0 Å². The number of morpholine rings is 1. The highest BCUT2D eigenvalue weighted by molar-refractivity contribution is 6.46. The number of carbonyl (C=O) groups excluding carboxylic acids is 2. The average molecular weight is 617 g/mol. The zero-order valence-corrected chi connectivity index (χ0v) is 26.2. The van der Waals surface area contributed by atoms with E-state index in [1.807, 2.05) is 31.2 Å². The maximum absolute atomic E-state index is 13.6. The number of aryl methyl sites for hydroxylation is 1. The summed E-state index contributed by atoms with van der Waals surface area (Å²) < 4.78 is 28.1. The minimum absolute atomic E-state index is 0.00535. The van der Waals surface area contributed by atoms with E-state index in [1.54, 1.807) is 36.4 Å². The Kier molecular flexibility index (Phi) is 10.3. The third kappa shape index (κ3) is 6.92. The molecule has 2 aliphatic heterocycles. The maximum Gasteiger partial charge on any atom is 0.295 e. The second kappa shape index (κ2) is 14.5. The van der Waals surface area contributed by atoms with Crippen LogP contribution in [0.15, 0.2) is 66.2 Å². The molecule has 3 aromatic rings. The van der Waals surface area contributed by atoms with Gasteiger partial charge in [0.2, 0.25) is 5.75 Å². The molecule has 238 valence electrons. The molecule has 0 aromatic heterocycles. The monoisotopic (exact) mass is 616 g/mol. The SMILES string of the molecule is COc1cc(C2/C(=C(\O)c3ccc(OCc4ccccc4C)cc3)C(=O)C(=O)N2CCCN2CCOCC2)cc(OC)c1OC. The minimum Gasteiger partial charge on any atom is -0.507 e. The Morgan fingerprint density at radius 3 is 2.20 bits per heavy atom. The summed E-state index contributed by atoms with van der Waals surface area (Å²) in [5.41, 5.74) is 3.14. The topological polar surface area (TPSA) is 107 Å². The van der Waals surface area contributed by atoms with E-state index in [2.05, 4.69) is 4.90 Å². The molecule has 1 N–H and O–H groups in total. The summed E-state index contributed by atoms with van der Waals surface area (Å²) in [5.74, 6) is 0.0527. The third-order valence-corrected chi connectivity index (χ3v) is 8.30. The molecule has 0 spiro atoms. The van der Waals surface area contributed by atoms with Gasteiger partial charge in [-0.25, -0.2) is 0 Å². The smallest absolute Gasteiger partial charge is 0.295 e. The summed E-state index contributed by atoms with van der Waals surface area (Å²) in [6, 6.07) is 17.4. The van der Waals surface area contributed by atoms with Gasteiger partial charge in [0.15, 0.2) is 11.5 Å². The Morgan fingerprint density at radius 2 is 1.58 bits per heavy atom. The fourth-order valence-electron chi connectivity index (χ4n) is 5.80. The summed E-state index contributed by atoms with van der Waals surface area (Å²) in [4.78, 5) is 31.0. The number of benzene rings is 3. The van der Waals surface area contributed by atoms with Crippen molar-refractivity contribution < 1.29 is 38.4 Å². The zero-order chi connectivity index (χ0) is 31.9. The van der Waals surface area contributed by atoms with Gasteiger partial charge in [0.05, 0.1) is 46.2 Å². The molecule has 2 aliphatic rings. The minimum atomic E-state index is -0.875. The Labute approximate surface area is 263 Å². The van der Waals surface area contributed by atoms with Crippen LogP contribution < -0.4 is 18.9 Å². The van der Waals surface area contributed by atoms with Gasteiger partial charge < -0.3 is 33.7 Å². The van der Waals surface area contributed by atoms with Crippen LogP contribution in [0.2, 0.25) is 0 Å². The van der Waals surface area contributed by atoms with Crippen LogP contribution >= 0.6 is 0 Å². The number of nitrogens with zero attached hydrogens (tertiary/aromatic N) is 2. The number of likely N-dealkylation sites (tertiary alicyclic amines) is 1. The molecule has 2 fully saturated rings. The Hall–Kier alpha value is -4.54. The van der Waals surface area contributed by atoms with Crippen LogP contribution in [0.1, 0.15) is 34.7 Å². The van der Waals surface area contributed by atoms with Gasteiger partial charge in [-0.3, -0.25) is 14.5 Å². The van der Waals surface area contributed by atoms with E-state index in [0.717, 1.165) is 30.8 Å². The highest BCUT2D eigenvalue weighted by Crippen LogP contribution is 2.45. The molecule has 2 heterocycles. The molecule has 0 bridgehead atoms. The molecule has 5 rings (SSSR count). The number of aliphatic hydroxyl groups is 1. The molecule has 0 radical (unpaired) electrons. The van der Waals surface area contributed by atoms with E-state index in [4.69, 9.17) is 23.7 Å². The summed E-state index contributed by atoms with van der Waals surface area (Å²) in [5, 5.41) is 11.6. The maximum atomic E-state index is 13.6. The van der Waals surface area contributed by atoms with Crippen LogP contribution in [0.3, 0.4) is 0 Å². The number of aliphatic hydroxyl groups excluding tert-OH is 1. The number of Topliss-reactive ketones (excluding diaryl/α,β-unsaturated/α-hetero) is 1. The Morgan fingerprint density at radius 1 is 0.911 bits per heavy atom. The van der Waals surface area contributed by atoms with Gasteiger partial charge in [0, 0.05) is 31.7 Å². The number of hydrogen-bond donors (Lipinski definition) is 1. The number of amides is 1. The molecule has 0 aliphatic carbocycles. The van der Waals surface area contributed by atoms with Crippen LogP contribution in [0.5, 0.6) is 23.0 Å². The predicted molar refractivity (Wildman–Crippen MR) is 169 cm³/mol. The molecular formula is C35H40N2O8. The largest absolute Gasteiger partial charge is 0.507 e. The van der Waals surface area contributed by atoms with Gasteiger partial charge >= 0.3 is 0 Å². The van der Waals surface area contributed by atoms with Gasteiger partial charge in [0.1, 0.15) is 18.1 Å². The van der Waals surface area contributed by atoms with Crippen molar-refractivity contribution in [2.45, 2.75) is 26.0 Å². The molecule has 0 saturated carbocycles. The van der Waals surface area contributed by atoms with E-state index < -0.39 is 17.7 Å². The lowest BCUT2D eigenvalue weighted by Gasteiger charge is -2.29. The van der Waals surface area contributed by atoms with E-state index in [-0.39, 0.29) is 11.3 Å². The zero-order valence-electron chi connectivity index (χ0n) is 26.2. The highest BCUT2D eigenvalue weighted by Gasteiger charge is 2.46. The predicted octanol–water partition coefficient (Wildman–Crippen LogP) is 4.74. The van der Waals surface area contributed by atoms with Crippen molar-refractivity contribution in [1.82, 2.24) is 9.80 Å². The number of ketones is 1. The summed E-state index contributed by atoms with van der Waals surface area (Å²) in [6.45, 7) is 6.47. The molecule has 2 saturated heterocycles. The fourth-order valence-corrected chi connectivity index (χ4v) is 5.80. The molecule has 10 nitrogen and oxygen atoms in total. The van der Waals surface area contributed by atoms with Gasteiger partial charge in [-0.05, 0) is 66.4 Å². The van der Waals surface area contributed by atoms with E-state index in [0.29, 0.717) is 66.9 Å².